The third-order valence-electron chi connectivity index (χ3n) is 3.64. The van der Waals surface area contributed by atoms with E-state index in [-0.39, 0.29) is 24.9 Å². The fraction of sp³-hybridized carbons (Fsp3) is 0.438. The second-order valence-electron chi connectivity index (χ2n) is 5.04. The number of nitrogens with zero attached hydrogens (tertiary/aromatic N) is 3. The number of rotatable bonds is 5. The third kappa shape index (κ3) is 3.40. The van der Waals surface area contributed by atoms with Crippen LogP contribution in [0.1, 0.15) is 25.3 Å². The van der Waals surface area contributed by atoms with Crippen molar-refractivity contribution in [3.05, 3.63) is 29.8 Å². The highest BCUT2D eigenvalue weighted by Crippen LogP contribution is 2.23. The van der Waals surface area contributed by atoms with Gasteiger partial charge in [-0.1, -0.05) is 25.1 Å². The predicted molar refractivity (Wildman–Crippen MR) is 79.6 cm³/mol. The smallest absolute Gasteiger partial charge is 0.248 e. The second kappa shape index (κ2) is 6.89. The lowest BCUT2D eigenvalue weighted by Crippen LogP contribution is -2.54. The summed E-state index contributed by atoms with van der Waals surface area (Å²) in [7, 11) is 0. The van der Waals surface area contributed by atoms with Gasteiger partial charge in [0.15, 0.2) is 0 Å². The van der Waals surface area contributed by atoms with E-state index in [1.165, 1.54) is 4.90 Å². The van der Waals surface area contributed by atoms with Crippen LogP contribution in [0.3, 0.4) is 0 Å². The van der Waals surface area contributed by atoms with E-state index in [9.17, 15) is 9.59 Å². The van der Waals surface area contributed by atoms with Crippen LogP contribution in [0, 0.1) is 11.3 Å². The molecule has 5 heteroatoms. The molecule has 1 aromatic rings. The number of hydrogen-bond acceptors (Lipinski definition) is 4. The molecule has 0 aliphatic carbocycles. The van der Waals surface area contributed by atoms with E-state index < -0.39 is 0 Å². The number of aryl methyl sites for hydroxylation is 1. The van der Waals surface area contributed by atoms with Gasteiger partial charge < -0.3 is 4.90 Å². The zero-order chi connectivity index (χ0) is 15.2. The number of hydrogen-bond donors (Lipinski definition) is 0. The number of carbonyl (C=O) groups is 2. The van der Waals surface area contributed by atoms with Crippen LogP contribution in [0.25, 0.3) is 0 Å². The summed E-state index contributed by atoms with van der Waals surface area (Å²) in [5.74, 6) is -0.370. The maximum absolute atomic E-state index is 12.2. The molecule has 1 aliphatic heterocycles. The molecule has 0 unspecified atom stereocenters. The second-order valence-corrected chi connectivity index (χ2v) is 5.04. The molecule has 0 N–H and O–H groups in total. The Balaban J connectivity index is 2.09. The molecule has 1 aromatic carbocycles. The number of carbonyl (C=O) groups excluding carboxylic acids is 2. The van der Waals surface area contributed by atoms with Crippen LogP contribution in [-0.4, -0.2) is 36.3 Å². The molecule has 0 atom stereocenters. The number of para-hydroxylation sites is 1. The quantitative estimate of drug-likeness (QED) is 0.610. The van der Waals surface area contributed by atoms with Crippen LogP contribution in [0.5, 0.6) is 0 Å². The van der Waals surface area contributed by atoms with Gasteiger partial charge in [0.2, 0.25) is 11.8 Å². The van der Waals surface area contributed by atoms with Crippen LogP contribution in [0.4, 0.5) is 5.69 Å². The molecule has 1 saturated heterocycles. The van der Waals surface area contributed by atoms with Crippen molar-refractivity contribution in [2.75, 3.05) is 24.5 Å². The minimum atomic E-state index is -0.185. The summed E-state index contributed by atoms with van der Waals surface area (Å²) < 4.78 is 0. The van der Waals surface area contributed by atoms with Crippen LogP contribution in [0.2, 0.25) is 0 Å². The van der Waals surface area contributed by atoms with Crippen LogP contribution in [0.15, 0.2) is 24.3 Å². The lowest BCUT2D eigenvalue weighted by Gasteiger charge is -2.34. The molecule has 0 spiro atoms. The van der Waals surface area contributed by atoms with E-state index in [1.807, 2.05) is 35.2 Å². The van der Waals surface area contributed by atoms with Gasteiger partial charge in [-0.2, -0.15) is 5.26 Å². The average molecular weight is 285 g/mol. The Morgan fingerprint density at radius 2 is 1.86 bits per heavy atom. The highest BCUT2D eigenvalue weighted by molar-refractivity contribution is 6.02. The number of amides is 2. The van der Waals surface area contributed by atoms with Gasteiger partial charge in [0.05, 0.1) is 19.2 Å². The summed E-state index contributed by atoms with van der Waals surface area (Å²) in [5, 5.41) is 8.53. The summed E-state index contributed by atoms with van der Waals surface area (Å²) >= 11 is 0. The molecule has 2 rings (SSSR count). The van der Waals surface area contributed by atoms with E-state index in [1.54, 1.807) is 0 Å². The molecular weight excluding hydrogens is 266 g/mol. The van der Waals surface area contributed by atoms with Gasteiger partial charge in [-0.25, -0.2) is 0 Å². The van der Waals surface area contributed by atoms with E-state index in [0.29, 0.717) is 19.4 Å². The van der Waals surface area contributed by atoms with Gasteiger partial charge in [-0.05, 0) is 24.5 Å². The molecule has 110 valence electrons. The predicted octanol–water partition coefficient (Wildman–Crippen LogP) is 1.73. The first-order chi connectivity index (χ1) is 10.2. The van der Waals surface area contributed by atoms with Gasteiger partial charge in [-0.15, -0.1) is 0 Å². The summed E-state index contributed by atoms with van der Waals surface area (Å²) in [6, 6.07) is 9.88. The third-order valence-corrected chi connectivity index (χ3v) is 3.64. The lowest BCUT2D eigenvalue weighted by atomic mass is 10.1. The molecule has 0 aromatic heterocycles. The molecule has 1 aliphatic rings. The van der Waals surface area contributed by atoms with Gasteiger partial charge in [-0.3, -0.25) is 14.5 Å². The maximum atomic E-state index is 12.2. The van der Waals surface area contributed by atoms with Crippen molar-refractivity contribution in [2.24, 2.45) is 0 Å². The normalized spacial score (nSPS) is 15.2. The zero-order valence-electron chi connectivity index (χ0n) is 12.2. The van der Waals surface area contributed by atoms with Crippen molar-refractivity contribution in [3.8, 4) is 6.07 Å². The number of anilines is 1. The van der Waals surface area contributed by atoms with Gasteiger partial charge in [0, 0.05) is 18.7 Å². The molecule has 1 heterocycles. The summed E-state index contributed by atoms with van der Waals surface area (Å²) in [5.41, 5.74) is 2.09. The first kappa shape index (κ1) is 15.0. The lowest BCUT2D eigenvalue weighted by molar-refractivity contribution is -0.145. The van der Waals surface area contributed by atoms with Crippen molar-refractivity contribution in [1.82, 2.24) is 4.90 Å². The van der Waals surface area contributed by atoms with Crippen molar-refractivity contribution < 1.29 is 9.59 Å². The Hall–Kier alpha value is -2.35. The molecule has 21 heavy (non-hydrogen) atoms. The molecule has 1 fully saturated rings. The fourth-order valence-electron chi connectivity index (χ4n) is 2.55. The van der Waals surface area contributed by atoms with Crippen molar-refractivity contribution in [3.63, 3.8) is 0 Å². The van der Waals surface area contributed by atoms with Gasteiger partial charge in [0.1, 0.15) is 0 Å². The largest absolute Gasteiger partial charge is 0.353 e. The molecule has 0 bridgehead atoms. The highest BCUT2D eigenvalue weighted by atomic mass is 16.2. The van der Waals surface area contributed by atoms with Crippen LogP contribution >= 0.6 is 0 Å². The molecular formula is C16H19N3O2. The molecule has 2 amide bonds. The minimum Gasteiger partial charge on any atom is -0.353 e. The standard InChI is InChI=1S/C16H19N3O2/c1-2-13-7-3-4-8-14(13)18-11-15(20)19(16(21)12-18)10-6-5-9-17/h3-4,7-8H,2,5-6,10-12H2,1H3. The molecule has 0 radical (unpaired) electrons. The first-order valence-corrected chi connectivity index (χ1v) is 7.20. The first-order valence-electron chi connectivity index (χ1n) is 7.20. The highest BCUT2D eigenvalue weighted by Gasteiger charge is 2.31. The van der Waals surface area contributed by atoms with Gasteiger partial charge >= 0.3 is 0 Å². The summed E-state index contributed by atoms with van der Waals surface area (Å²) in [6.45, 7) is 2.83. The molecule has 5 nitrogen and oxygen atoms in total. The number of piperazine rings is 1. The number of unbranched alkanes of at least 4 members (excludes halogenated alkanes) is 1. The summed E-state index contributed by atoms with van der Waals surface area (Å²) in [4.78, 5) is 27.4. The Labute approximate surface area is 124 Å². The average Bonchev–Trinajstić information content (AvgIpc) is 2.49. The Morgan fingerprint density at radius 3 is 2.48 bits per heavy atom. The number of benzene rings is 1. The Kier molecular flexibility index (Phi) is 4.94. The monoisotopic (exact) mass is 285 g/mol. The SMILES string of the molecule is CCc1ccccc1N1CC(=O)N(CCCC#N)C(=O)C1. The topological polar surface area (TPSA) is 64.4 Å². The zero-order valence-corrected chi connectivity index (χ0v) is 12.2. The number of imide groups is 1. The Bertz CT molecular complexity index is 559. The minimum absolute atomic E-state index is 0.185. The van der Waals surface area contributed by atoms with Crippen LogP contribution < -0.4 is 4.90 Å². The van der Waals surface area contributed by atoms with Crippen molar-refractivity contribution in [2.45, 2.75) is 26.2 Å². The van der Waals surface area contributed by atoms with E-state index >= 15 is 0 Å². The summed E-state index contributed by atoms with van der Waals surface area (Å²) in [6.07, 6.45) is 1.76. The molecule has 0 saturated carbocycles. The van der Waals surface area contributed by atoms with Crippen molar-refractivity contribution in [1.29, 1.82) is 5.26 Å². The van der Waals surface area contributed by atoms with Crippen molar-refractivity contribution >= 4 is 17.5 Å². The van der Waals surface area contributed by atoms with E-state index in [2.05, 4.69) is 6.92 Å². The maximum Gasteiger partial charge on any atom is 0.248 e. The van der Waals surface area contributed by atoms with E-state index in [4.69, 9.17) is 5.26 Å². The van der Waals surface area contributed by atoms with Gasteiger partial charge in [0.25, 0.3) is 0 Å². The van der Waals surface area contributed by atoms with Crippen LogP contribution in [-0.2, 0) is 16.0 Å². The van der Waals surface area contributed by atoms with E-state index in [0.717, 1.165) is 17.7 Å². The Morgan fingerprint density at radius 1 is 1.19 bits per heavy atom. The fourth-order valence-corrected chi connectivity index (χ4v) is 2.55. The number of nitriles is 1.